The third-order valence-electron chi connectivity index (χ3n) is 5.40. The summed E-state index contributed by atoms with van der Waals surface area (Å²) in [5, 5.41) is 21.7. The number of hydrogen-bond acceptors (Lipinski definition) is 5. The number of hydrogen-bond donors (Lipinski definition) is 3. The fourth-order valence-corrected chi connectivity index (χ4v) is 3.69. The number of para-hydroxylation sites is 1. The molecule has 0 radical (unpaired) electrons. The fourth-order valence-electron chi connectivity index (χ4n) is 3.57. The normalized spacial score (nSPS) is 15.2. The molecule has 1 saturated heterocycles. The van der Waals surface area contributed by atoms with E-state index in [2.05, 4.69) is 10.2 Å². The van der Waals surface area contributed by atoms with Crippen molar-refractivity contribution < 1.29 is 9.84 Å². The first kappa shape index (κ1) is 21.6. The minimum Gasteiger partial charge on any atom is -0.478 e. The Kier molecular flexibility index (Phi) is 8.35. The lowest BCUT2D eigenvalue weighted by molar-refractivity contribution is 0.126. The highest BCUT2D eigenvalue weighted by molar-refractivity contribution is 6.30. The molecule has 0 aromatic heterocycles. The summed E-state index contributed by atoms with van der Waals surface area (Å²) in [4.78, 5) is 2.42. The van der Waals surface area contributed by atoms with E-state index >= 15 is 0 Å². The van der Waals surface area contributed by atoms with Crippen LogP contribution in [-0.2, 0) is 11.3 Å². The van der Waals surface area contributed by atoms with Crippen molar-refractivity contribution in [1.29, 1.82) is 5.41 Å². The Morgan fingerprint density at radius 2 is 1.86 bits per heavy atom. The highest BCUT2D eigenvalue weighted by Gasteiger charge is 2.18. The molecular weight excluding hydrogens is 386 g/mol. The Labute approximate surface area is 178 Å². The van der Waals surface area contributed by atoms with E-state index in [0.29, 0.717) is 25.7 Å². The molecule has 2 aromatic rings. The van der Waals surface area contributed by atoms with Gasteiger partial charge in [-0.2, -0.15) is 0 Å². The van der Waals surface area contributed by atoms with Crippen molar-refractivity contribution in [3.8, 4) is 0 Å². The van der Waals surface area contributed by atoms with Gasteiger partial charge in [0.15, 0.2) is 0 Å². The Morgan fingerprint density at radius 1 is 1.14 bits per heavy atom. The van der Waals surface area contributed by atoms with Gasteiger partial charge in [-0.05, 0) is 68.1 Å². The fraction of sp³-hybridized carbons (Fsp3) is 0.435. The molecule has 29 heavy (non-hydrogen) atoms. The average Bonchev–Trinajstić information content (AvgIpc) is 2.77. The molecule has 0 amide bonds. The number of ether oxygens (including phenoxy) is 1. The van der Waals surface area contributed by atoms with E-state index in [-0.39, 0.29) is 5.90 Å². The molecule has 0 atom stereocenters. The molecule has 3 rings (SSSR count). The summed E-state index contributed by atoms with van der Waals surface area (Å²) in [5.41, 5.74) is 2.78. The molecule has 0 bridgehead atoms. The van der Waals surface area contributed by atoms with Crippen LogP contribution in [0, 0.1) is 11.3 Å². The SMILES string of the molecule is N=C(OCCCN1CCC(CO)CC1)c1ccccc1NCc1ccc(Cl)cc1. The first-order valence-corrected chi connectivity index (χ1v) is 10.7. The molecule has 0 unspecified atom stereocenters. The number of aliphatic hydroxyl groups is 1. The van der Waals surface area contributed by atoms with Gasteiger partial charge >= 0.3 is 0 Å². The molecule has 1 aliphatic rings. The summed E-state index contributed by atoms with van der Waals surface area (Å²) in [7, 11) is 0. The summed E-state index contributed by atoms with van der Waals surface area (Å²) >= 11 is 5.94. The number of likely N-dealkylation sites (tertiary alicyclic amines) is 1. The predicted molar refractivity (Wildman–Crippen MR) is 119 cm³/mol. The predicted octanol–water partition coefficient (Wildman–Crippen LogP) is 4.39. The van der Waals surface area contributed by atoms with E-state index in [4.69, 9.17) is 21.7 Å². The van der Waals surface area contributed by atoms with E-state index in [1.807, 2.05) is 48.5 Å². The Balaban J connectivity index is 1.44. The number of benzene rings is 2. The monoisotopic (exact) mass is 415 g/mol. The number of anilines is 1. The second-order valence-electron chi connectivity index (χ2n) is 7.52. The largest absolute Gasteiger partial charge is 0.478 e. The van der Waals surface area contributed by atoms with E-state index in [9.17, 15) is 5.11 Å². The molecule has 1 fully saturated rings. The van der Waals surface area contributed by atoms with Crippen molar-refractivity contribution in [2.24, 2.45) is 5.92 Å². The van der Waals surface area contributed by atoms with Crippen molar-refractivity contribution in [3.05, 3.63) is 64.7 Å². The molecule has 6 heteroatoms. The van der Waals surface area contributed by atoms with Crippen LogP contribution >= 0.6 is 11.6 Å². The van der Waals surface area contributed by atoms with Gasteiger partial charge in [-0.1, -0.05) is 35.9 Å². The quantitative estimate of drug-likeness (QED) is 0.323. The molecule has 156 valence electrons. The average molecular weight is 416 g/mol. The smallest absolute Gasteiger partial charge is 0.215 e. The lowest BCUT2D eigenvalue weighted by atomic mass is 9.98. The number of rotatable bonds is 9. The number of aliphatic hydroxyl groups excluding tert-OH is 1. The summed E-state index contributed by atoms with van der Waals surface area (Å²) in [6.07, 6.45) is 3.03. The van der Waals surface area contributed by atoms with Crippen molar-refractivity contribution in [2.45, 2.75) is 25.8 Å². The Morgan fingerprint density at radius 3 is 2.59 bits per heavy atom. The van der Waals surface area contributed by atoms with Crippen LogP contribution in [0.5, 0.6) is 0 Å². The van der Waals surface area contributed by atoms with Crippen LogP contribution in [0.15, 0.2) is 48.5 Å². The lowest BCUT2D eigenvalue weighted by Gasteiger charge is -2.30. The molecule has 0 aliphatic carbocycles. The van der Waals surface area contributed by atoms with Crippen LogP contribution in [0.4, 0.5) is 5.69 Å². The topological polar surface area (TPSA) is 68.6 Å². The highest BCUT2D eigenvalue weighted by atomic mass is 35.5. The third kappa shape index (κ3) is 6.74. The summed E-state index contributed by atoms with van der Waals surface area (Å²) < 4.78 is 5.73. The Hall–Kier alpha value is -2.08. The van der Waals surface area contributed by atoms with Gasteiger partial charge in [0.2, 0.25) is 5.90 Å². The number of nitrogens with one attached hydrogen (secondary N) is 2. The molecule has 1 aliphatic heterocycles. The minimum absolute atomic E-state index is 0.197. The maximum atomic E-state index is 9.22. The van der Waals surface area contributed by atoms with Gasteiger partial charge in [-0.3, -0.25) is 5.41 Å². The van der Waals surface area contributed by atoms with Crippen LogP contribution in [0.25, 0.3) is 0 Å². The molecule has 0 spiro atoms. The zero-order valence-corrected chi connectivity index (χ0v) is 17.5. The first-order chi connectivity index (χ1) is 14.2. The standard InChI is InChI=1S/C23H30ClN3O2/c24-20-8-6-18(7-9-20)16-26-22-5-2-1-4-21(22)23(25)29-15-3-12-27-13-10-19(17-28)11-14-27/h1-2,4-9,19,25-26,28H,3,10-17H2. The maximum Gasteiger partial charge on any atom is 0.215 e. The van der Waals surface area contributed by atoms with Gasteiger partial charge in [0.25, 0.3) is 0 Å². The first-order valence-electron chi connectivity index (χ1n) is 10.3. The van der Waals surface area contributed by atoms with Gasteiger partial charge in [-0.15, -0.1) is 0 Å². The van der Waals surface area contributed by atoms with E-state index in [1.165, 1.54) is 0 Å². The molecule has 1 heterocycles. The third-order valence-corrected chi connectivity index (χ3v) is 5.65. The summed E-state index contributed by atoms with van der Waals surface area (Å²) in [5.74, 6) is 0.663. The molecule has 0 saturated carbocycles. The van der Waals surface area contributed by atoms with Gasteiger partial charge in [0.05, 0.1) is 12.2 Å². The number of halogens is 1. The van der Waals surface area contributed by atoms with Crippen LogP contribution in [-0.4, -0.2) is 48.8 Å². The molecule has 2 aromatic carbocycles. The molecule has 3 N–H and O–H groups in total. The second kappa shape index (κ2) is 11.2. The van der Waals surface area contributed by atoms with E-state index in [0.717, 1.165) is 60.7 Å². The van der Waals surface area contributed by atoms with Crippen LogP contribution in [0.2, 0.25) is 5.02 Å². The maximum absolute atomic E-state index is 9.22. The number of piperidine rings is 1. The summed E-state index contributed by atoms with van der Waals surface area (Å²) in [6, 6.07) is 15.5. The zero-order chi connectivity index (χ0) is 20.5. The van der Waals surface area contributed by atoms with Crippen molar-refractivity contribution in [1.82, 2.24) is 4.90 Å². The lowest BCUT2D eigenvalue weighted by Crippen LogP contribution is -2.35. The molecular formula is C23H30ClN3O2. The molecule has 5 nitrogen and oxygen atoms in total. The van der Waals surface area contributed by atoms with Gasteiger partial charge < -0.3 is 20.1 Å². The van der Waals surface area contributed by atoms with Crippen molar-refractivity contribution >= 4 is 23.2 Å². The van der Waals surface area contributed by atoms with Crippen LogP contribution < -0.4 is 5.32 Å². The van der Waals surface area contributed by atoms with Crippen molar-refractivity contribution in [3.63, 3.8) is 0 Å². The van der Waals surface area contributed by atoms with Gasteiger partial charge in [0, 0.05) is 30.4 Å². The van der Waals surface area contributed by atoms with Gasteiger partial charge in [-0.25, -0.2) is 0 Å². The Bertz CT molecular complexity index is 774. The minimum atomic E-state index is 0.197. The van der Waals surface area contributed by atoms with E-state index < -0.39 is 0 Å². The summed E-state index contributed by atoms with van der Waals surface area (Å²) in [6.45, 7) is 4.55. The number of nitrogens with zero attached hydrogens (tertiary/aromatic N) is 1. The second-order valence-corrected chi connectivity index (χ2v) is 7.96. The van der Waals surface area contributed by atoms with Crippen molar-refractivity contribution in [2.75, 3.05) is 38.2 Å². The van der Waals surface area contributed by atoms with E-state index in [1.54, 1.807) is 0 Å². The van der Waals surface area contributed by atoms with Crippen LogP contribution in [0.1, 0.15) is 30.4 Å². The zero-order valence-electron chi connectivity index (χ0n) is 16.7. The van der Waals surface area contributed by atoms with Gasteiger partial charge in [0.1, 0.15) is 0 Å². The van der Waals surface area contributed by atoms with Crippen LogP contribution in [0.3, 0.4) is 0 Å². The highest BCUT2D eigenvalue weighted by Crippen LogP contribution is 2.19.